The number of carbonyl (C=O) groups excluding carboxylic acids is 1. The van der Waals surface area contributed by atoms with Gasteiger partial charge < -0.3 is 0 Å². The summed E-state index contributed by atoms with van der Waals surface area (Å²) < 4.78 is 15.7. The number of allylic oxidation sites excluding steroid dienone is 1. The van der Waals surface area contributed by atoms with Crippen LogP contribution in [0.2, 0.25) is 0 Å². The second kappa shape index (κ2) is 6.44. The first kappa shape index (κ1) is 16.0. The lowest BCUT2D eigenvalue weighted by atomic mass is 10.2. The van der Waals surface area contributed by atoms with E-state index in [0.717, 1.165) is 5.56 Å². The van der Waals surface area contributed by atoms with Crippen LogP contribution in [0.1, 0.15) is 11.4 Å². The minimum atomic E-state index is -0.468. The van der Waals surface area contributed by atoms with Crippen molar-refractivity contribution in [2.24, 2.45) is 0 Å². The third kappa shape index (κ3) is 2.83. The molecule has 0 spiro atoms. The van der Waals surface area contributed by atoms with Gasteiger partial charge in [-0.15, -0.1) is 0 Å². The maximum Gasteiger partial charge on any atom is 0.364 e. The molecule has 7 heteroatoms. The van der Waals surface area contributed by atoms with Crippen molar-refractivity contribution in [2.45, 2.75) is 13.1 Å². The van der Waals surface area contributed by atoms with Crippen LogP contribution in [-0.4, -0.2) is 20.4 Å². The molecule has 1 aromatic heterocycles. The van der Waals surface area contributed by atoms with Crippen molar-refractivity contribution >= 4 is 17.8 Å². The summed E-state index contributed by atoms with van der Waals surface area (Å²) in [7, 11) is 0. The van der Waals surface area contributed by atoms with Gasteiger partial charge in [0.25, 0.3) is 0 Å². The Bertz CT molecular complexity index is 1040. The van der Waals surface area contributed by atoms with E-state index in [1.807, 2.05) is 36.4 Å². The number of fused-ring (bicyclic) bond motifs is 1. The lowest BCUT2D eigenvalue weighted by Crippen LogP contribution is -2.33. The van der Waals surface area contributed by atoms with Gasteiger partial charge in [0, 0.05) is 5.69 Å². The van der Waals surface area contributed by atoms with E-state index >= 15 is 0 Å². The summed E-state index contributed by atoms with van der Waals surface area (Å²) in [4.78, 5) is 30.2. The summed E-state index contributed by atoms with van der Waals surface area (Å²) in [5.74, 6) is -0.00136. The van der Waals surface area contributed by atoms with Crippen molar-refractivity contribution < 1.29 is 9.18 Å². The van der Waals surface area contributed by atoms with Gasteiger partial charge in [-0.05, 0) is 29.8 Å². The van der Waals surface area contributed by atoms with Crippen LogP contribution < -0.4 is 10.6 Å². The highest BCUT2D eigenvalue weighted by atomic mass is 19.1. The summed E-state index contributed by atoms with van der Waals surface area (Å²) >= 11 is 0. The van der Waals surface area contributed by atoms with Gasteiger partial charge in [0.1, 0.15) is 5.82 Å². The number of carbonyl (C=O) groups is 1. The highest BCUT2D eigenvalue weighted by Crippen LogP contribution is 2.23. The third-order valence-electron chi connectivity index (χ3n) is 4.17. The second-order valence-corrected chi connectivity index (χ2v) is 5.86. The predicted molar refractivity (Wildman–Crippen MR) is 95.3 cm³/mol. The van der Waals surface area contributed by atoms with Crippen LogP contribution in [0, 0.1) is 5.82 Å². The Labute approximate surface area is 148 Å². The van der Waals surface area contributed by atoms with Gasteiger partial charge in [-0.2, -0.15) is 9.67 Å². The summed E-state index contributed by atoms with van der Waals surface area (Å²) in [5, 5.41) is 0. The van der Waals surface area contributed by atoms with Crippen LogP contribution in [-0.2, 0) is 13.1 Å². The SMILES string of the molecule is O=C1N(c2ccc(F)cc2)Cc2nc(=O)n(C/C=C/c3ccccc3)n21. The molecule has 1 aliphatic rings. The number of aromatic nitrogens is 3. The Balaban J connectivity index is 1.59. The Morgan fingerprint density at radius 3 is 2.50 bits per heavy atom. The van der Waals surface area contributed by atoms with Crippen LogP contribution in [0.25, 0.3) is 6.08 Å². The van der Waals surface area contributed by atoms with Crippen molar-refractivity contribution in [3.8, 4) is 0 Å². The zero-order chi connectivity index (χ0) is 18.1. The normalized spacial score (nSPS) is 13.6. The van der Waals surface area contributed by atoms with E-state index < -0.39 is 5.69 Å². The van der Waals surface area contributed by atoms with Crippen molar-refractivity contribution in [3.05, 3.63) is 88.4 Å². The molecule has 26 heavy (non-hydrogen) atoms. The number of halogens is 1. The van der Waals surface area contributed by atoms with Crippen LogP contribution in [0.3, 0.4) is 0 Å². The van der Waals surface area contributed by atoms with E-state index in [-0.39, 0.29) is 24.9 Å². The number of amides is 1. The summed E-state index contributed by atoms with van der Waals surface area (Å²) in [6, 6.07) is 14.9. The molecule has 0 atom stereocenters. The molecular weight excluding hydrogens is 335 g/mol. The summed E-state index contributed by atoms with van der Waals surface area (Å²) in [6.07, 6.45) is 3.68. The van der Waals surface area contributed by atoms with Gasteiger partial charge in [-0.3, -0.25) is 4.90 Å². The fourth-order valence-corrected chi connectivity index (χ4v) is 2.92. The summed E-state index contributed by atoms with van der Waals surface area (Å²) in [5.41, 5.74) is 1.09. The molecule has 6 nitrogen and oxygen atoms in total. The van der Waals surface area contributed by atoms with E-state index in [1.165, 1.54) is 38.5 Å². The second-order valence-electron chi connectivity index (χ2n) is 5.86. The number of benzene rings is 2. The summed E-state index contributed by atoms with van der Waals surface area (Å²) in [6.45, 7) is 0.402. The lowest BCUT2D eigenvalue weighted by Gasteiger charge is -2.15. The Kier molecular flexibility index (Phi) is 3.96. The van der Waals surface area contributed by atoms with Gasteiger partial charge in [0.05, 0.1) is 13.1 Å². The molecule has 0 aliphatic carbocycles. The average molecular weight is 350 g/mol. The number of nitrogens with zero attached hydrogens (tertiary/aromatic N) is 4. The third-order valence-corrected chi connectivity index (χ3v) is 4.17. The Morgan fingerprint density at radius 1 is 1.04 bits per heavy atom. The molecule has 2 heterocycles. The lowest BCUT2D eigenvalue weighted by molar-refractivity contribution is 0.244. The zero-order valence-electron chi connectivity index (χ0n) is 13.7. The first-order chi connectivity index (χ1) is 12.6. The van der Waals surface area contributed by atoms with E-state index in [9.17, 15) is 14.0 Å². The molecule has 1 amide bonds. The molecule has 3 aromatic rings. The maximum atomic E-state index is 13.1. The van der Waals surface area contributed by atoms with E-state index in [4.69, 9.17) is 0 Å². The Hall–Kier alpha value is -3.48. The van der Waals surface area contributed by atoms with Crippen molar-refractivity contribution in [1.29, 1.82) is 0 Å². The monoisotopic (exact) mass is 350 g/mol. The topological polar surface area (TPSA) is 60.1 Å². The van der Waals surface area contributed by atoms with Crippen LogP contribution in [0.4, 0.5) is 14.9 Å². The number of rotatable bonds is 4. The van der Waals surface area contributed by atoms with Gasteiger partial charge >= 0.3 is 11.7 Å². The minimum Gasteiger partial charge on any atom is -0.285 e. The van der Waals surface area contributed by atoms with Crippen molar-refractivity contribution in [2.75, 3.05) is 4.90 Å². The smallest absolute Gasteiger partial charge is 0.285 e. The average Bonchev–Trinajstić information content (AvgIpc) is 3.13. The van der Waals surface area contributed by atoms with Crippen LogP contribution in [0.15, 0.2) is 65.5 Å². The molecule has 4 rings (SSSR count). The van der Waals surface area contributed by atoms with Gasteiger partial charge in [-0.25, -0.2) is 18.7 Å². The fourth-order valence-electron chi connectivity index (χ4n) is 2.92. The molecule has 130 valence electrons. The highest BCUT2D eigenvalue weighted by Gasteiger charge is 2.32. The zero-order valence-corrected chi connectivity index (χ0v) is 13.7. The van der Waals surface area contributed by atoms with Crippen LogP contribution in [0.5, 0.6) is 0 Å². The first-order valence-corrected chi connectivity index (χ1v) is 8.11. The molecule has 0 fully saturated rings. The van der Waals surface area contributed by atoms with E-state index in [2.05, 4.69) is 4.98 Å². The van der Waals surface area contributed by atoms with Gasteiger partial charge in [0.15, 0.2) is 5.82 Å². The standard InChI is InChI=1S/C19H15FN4O2/c20-15-8-10-16(11-9-15)22-13-17-21-18(25)23(24(17)19(22)26)12-4-7-14-5-2-1-3-6-14/h1-11H,12-13H2/b7-4+. The molecule has 0 saturated carbocycles. The molecule has 0 bridgehead atoms. The molecule has 1 aliphatic heterocycles. The molecule has 0 radical (unpaired) electrons. The quantitative estimate of drug-likeness (QED) is 0.727. The molecule has 0 saturated heterocycles. The molecule has 0 unspecified atom stereocenters. The first-order valence-electron chi connectivity index (χ1n) is 8.11. The van der Waals surface area contributed by atoms with Crippen molar-refractivity contribution in [1.82, 2.24) is 14.3 Å². The Morgan fingerprint density at radius 2 is 1.77 bits per heavy atom. The maximum absolute atomic E-state index is 13.1. The molecule has 2 aromatic carbocycles. The largest absolute Gasteiger partial charge is 0.364 e. The van der Waals surface area contributed by atoms with Gasteiger partial charge in [-0.1, -0.05) is 42.5 Å². The van der Waals surface area contributed by atoms with Crippen LogP contribution >= 0.6 is 0 Å². The number of anilines is 1. The van der Waals surface area contributed by atoms with E-state index in [0.29, 0.717) is 11.5 Å². The molecular formula is C19H15FN4O2. The number of hydrogen-bond acceptors (Lipinski definition) is 3. The predicted octanol–water partition coefficient (Wildman–Crippen LogP) is 2.89. The molecule has 0 N–H and O–H groups in total. The highest BCUT2D eigenvalue weighted by molar-refractivity contribution is 5.95. The minimum absolute atomic E-state index is 0.176. The fraction of sp³-hybridized carbons (Fsp3) is 0.105. The van der Waals surface area contributed by atoms with E-state index in [1.54, 1.807) is 6.08 Å². The number of hydrogen-bond donors (Lipinski definition) is 0. The van der Waals surface area contributed by atoms with Crippen molar-refractivity contribution in [3.63, 3.8) is 0 Å². The van der Waals surface area contributed by atoms with Gasteiger partial charge in [0.2, 0.25) is 0 Å².